The predicted octanol–water partition coefficient (Wildman–Crippen LogP) is 2.87. The molecule has 3 nitrogen and oxygen atoms in total. The van der Waals surface area contributed by atoms with Crippen LogP contribution in [0.3, 0.4) is 0 Å². The van der Waals surface area contributed by atoms with Gasteiger partial charge in [0.2, 0.25) is 0 Å². The molecule has 1 atom stereocenters. The van der Waals surface area contributed by atoms with Crippen molar-refractivity contribution in [3.05, 3.63) is 0 Å². The Morgan fingerprint density at radius 3 is 2.06 bits per heavy atom. The van der Waals surface area contributed by atoms with Gasteiger partial charge in [-0.3, -0.25) is 0 Å². The summed E-state index contributed by atoms with van der Waals surface area (Å²) in [6, 6.07) is 0. The molecule has 0 fully saturated rings. The zero-order chi connectivity index (χ0) is 12.4. The molecule has 0 bridgehead atoms. The van der Waals surface area contributed by atoms with Gasteiger partial charge in [-0.1, -0.05) is 32.6 Å². The summed E-state index contributed by atoms with van der Waals surface area (Å²) in [4.78, 5) is 10.8. The second-order valence-corrected chi connectivity index (χ2v) is 4.73. The van der Waals surface area contributed by atoms with Crippen LogP contribution in [0.2, 0.25) is 0 Å². The van der Waals surface area contributed by atoms with Crippen LogP contribution in [0.5, 0.6) is 0 Å². The largest absolute Gasteiger partial charge is 0.479 e. The van der Waals surface area contributed by atoms with E-state index in [1.165, 1.54) is 12.8 Å². The van der Waals surface area contributed by atoms with Crippen LogP contribution >= 0.6 is 12.6 Å². The smallest absolute Gasteiger partial charge is 0.335 e. The first-order valence-corrected chi connectivity index (χ1v) is 6.76. The summed E-state index contributed by atoms with van der Waals surface area (Å²) in [5, 5.41) is 18.6. The standard InChI is InChI=1S/C12H24O3S/c1-2-12(15,11(13)14)9-7-5-3-4-6-8-10-16/h15-16H,2-10H2,1H3,(H,13,14). The van der Waals surface area contributed by atoms with E-state index in [0.717, 1.165) is 31.4 Å². The van der Waals surface area contributed by atoms with Gasteiger partial charge in [-0.2, -0.15) is 12.6 Å². The van der Waals surface area contributed by atoms with Gasteiger partial charge in [0.05, 0.1) is 0 Å². The highest BCUT2D eigenvalue weighted by Crippen LogP contribution is 2.20. The molecule has 0 aliphatic heterocycles. The summed E-state index contributed by atoms with van der Waals surface area (Å²) >= 11 is 4.14. The maximum atomic E-state index is 10.8. The van der Waals surface area contributed by atoms with Crippen LogP contribution in [0.4, 0.5) is 0 Å². The third kappa shape index (κ3) is 6.38. The Morgan fingerprint density at radius 1 is 1.12 bits per heavy atom. The predicted molar refractivity (Wildman–Crippen MR) is 69.0 cm³/mol. The Balaban J connectivity index is 3.53. The molecule has 0 aromatic carbocycles. The molecule has 1 unspecified atom stereocenters. The Bertz CT molecular complexity index is 197. The molecule has 0 aliphatic carbocycles. The Morgan fingerprint density at radius 2 is 1.62 bits per heavy atom. The Kier molecular flexibility index (Phi) is 8.76. The number of aliphatic hydroxyl groups is 1. The van der Waals surface area contributed by atoms with Crippen LogP contribution in [0.25, 0.3) is 0 Å². The molecule has 0 saturated heterocycles. The highest BCUT2D eigenvalue weighted by Gasteiger charge is 2.32. The van der Waals surface area contributed by atoms with E-state index in [0.29, 0.717) is 6.42 Å². The lowest BCUT2D eigenvalue weighted by atomic mass is 9.93. The number of aliphatic carboxylic acids is 1. The number of hydrogen-bond acceptors (Lipinski definition) is 3. The molecule has 4 heteroatoms. The maximum Gasteiger partial charge on any atom is 0.335 e. The van der Waals surface area contributed by atoms with Gasteiger partial charge in [-0.25, -0.2) is 4.79 Å². The van der Waals surface area contributed by atoms with E-state index in [-0.39, 0.29) is 6.42 Å². The average molecular weight is 248 g/mol. The fraction of sp³-hybridized carbons (Fsp3) is 0.917. The van der Waals surface area contributed by atoms with Crippen molar-refractivity contribution < 1.29 is 15.0 Å². The number of carboxylic acid groups (broad SMARTS) is 1. The molecule has 0 saturated carbocycles. The van der Waals surface area contributed by atoms with Crippen LogP contribution in [0.15, 0.2) is 0 Å². The first-order valence-electron chi connectivity index (χ1n) is 6.13. The minimum absolute atomic E-state index is 0.280. The SMILES string of the molecule is CCC(O)(CCCCCCCCS)C(=O)O. The van der Waals surface area contributed by atoms with E-state index < -0.39 is 11.6 Å². The lowest BCUT2D eigenvalue weighted by molar-refractivity contribution is -0.159. The van der Waals surface area contributed by atoms with Crippen molar-refractivity contribution >= 4 is 18.6 Å². The van der Waals surface area contributed by atoms with Crippen molar-refractivity contribution in [3.8, 4) is 0 Å². The van der Waals surface area contributed by atoms with Gasteiger partial charge in [0.1, 0.15) is 0 Å². The van der Waals surface area contributed by atoms with E-state index >= 15 is 0 Å². The molecular weight excluding hydrogens is 224 g/mol. The molecule has 0 aliphatic rings. The van der Waals surface area contributed by atoms with Crippen molar-refractivity contribution in [1.82, 2.24) is 0 Å². The van der Waals surface area contributed by atoms with Gasteiger partial charge in [-0.15, -0.1) is 0 Å². The fourth-order valence-electron chi connectivity index (χ4n) is 1.67. The van der Waals surface area contributed by atoms with Crippen LogP contribution in [0.1, 0.15) is 58.3 Å². The molecule has 96 valence electrons. The van der Waals surface area contributed by atoms with Gasteiger partial charge in [0, 0.05) is 0 Å². The van der Waals surface area contributed by atoms with Crippen molar-refractivity contribution in [3.63, 3.8) is 0 Å². The lowest BCUT2D eigenvalue weighted by Gasteiger charge is -2.21. The van der Waals surface area contributed by atoms with Gasteiger partial charge in [0.25, 0.3) is 0 Å². The van der Waals surface area contributed by atoms with Gasteiger partial charge < -0.3 is 10.2 Å². The molecule has 16 heavy (non-hydrogen) atoms. The monoisotopic (exact) mass is 248 g/mol. The van der Waals surface area contributed by atoms with E-state index in [1.54, 1.807) is 6.92 Å². The summed E-state index contributed by atoms with van der Waals surface area (Å²) < 4.78 is 0. The van der Waals surface area contributed by atoms with E-state index in [9.17, 15) is 9.90 Å². The van der Waals surface area contributed by atoms with E-state index in [2.05, 4.69) is 12.6 Å². The number of unbranched alkanes of at least 4 members (excludes halogenated alkanes) is 5. The van der Waals surface area contributed by atoms with Crippen LogP contribution < -0.4 is 0 Å². The lowest BCUT2D eigenvalue weighted by Crippen LogP contribution is -2.37. The maximum absolute atomic E-state index is 10.8. The highest BCUT2D eigenvalue weighted by atomic mass is 32.1. The Labute approximate surface area is 104 Å². The molecule has 0 amide bonds. The fourth-order valence-corrected chi connectivity index (χ4v) is 1.89. The summed E-state index contributed by atoms with van der Waals surface area (Å²) in [5.74, 6) is -0.153. The highest BCUT2D eigenvalue weighted by molar-refractivity contribution is 7.80. The summed E-state index contributed by atoms with van der Waals surface area (Å²) in [7, 11) is 0. The van der Waals surface area contributed by atoms with Crippen molar-refractivity contribution in [2.45, 2.75) is 63.9 Å². The Hall–Kier alpha value is -0.220. The minimum Gasteiger partial charge on any atom is -0.479 e. The number of thiol groups is 1. The molecule has 0 heterocycles. The molecule has 0 aromatic rings. The third-order valence-corrected chi connectivity index (χ3v) is 3.30. The average Bonchev–Trinajstić information content (AvgIpc) is 2.27. The van der Waals surface area contributed by atoms with E-state index in [1.807, 2.05) is 0 Å². The van der Waals surface area contributed by atoms with Gasteiger partial charge in [0.15, 0.2) is 5.60 Å². The zero-order valence-corrected chi connectivity index (χ0v) is 11.0. The van der Waals surface area contributed by atoms with Crippen molar-refractivity contribution in [2.75, 3.05) is 5.75 Å². The normalized spacial score (nSPS) is 14.7. The second kappa shape index (κ2) is 8.88. The zero-order valence-electron chi connectivity index (χ0n) is 10.1. The number of carboxylic acids is 1. The third-order valence-electron chi connectivity index (χ3n) is 2.98. The van der Waals surface area contributed by atoms with Crippen LogP contribution in [0, 0.1) is 0 Å². The first kappa shape index (κ1) is 15.8. The number of hydrogen-bond donors (Lipinski definition) is 3. The molecular formula is C12H24O3S. The first-order chi connectivity index (χ1) is 7.56. The number of rotatable bonds is 10. The van der Waals surface area contributed by atoms with Crippen LogP contribution in [-0.2, 0) is 4.79 Å². The second-order valence-electron chi connectivity index (χ2n) is 4.29. The topological polar surface area (TPSA) is 57.5 Å². The minimum atomic E-state index is -1.51. The molecule has 0 radical (unpaired) electrons. The molecule has 0 aromatic heterocycles. The number of carbonyl (C=O) groups is 1. The molecule has 0 rings (SSSR count). The van der Waals surface area contributed by atoms with Gasteiger partial charge in [-0.05, 0) is 31.4 Å². The molecule has 2 N–H and O–H groups in total. The van der Waals surface area contributed by atoms with Crippen molar-refractivity contribution in [1.29, 1.82) is 0 Å². The van der Waals surface area contributed by atoms with Crippen LogP contribution in [-0.4, -0.2) is 27.5 Å². The summed E-state index contributed by atoms with van der Waals surface area (Å²) in [6.45, 7) is 1.71. The summed E-state index contributed by atoms with van der Waals surface area (Å²) in [6.07, 6.45) is 7.08. The summed E-state index contributed by atoms with van der Waals surface area (Å²) in [5.41, 5.74) is -1.51. The quantitative estimate of drug-likeness (QED) is 0.411. The van der Waals surface area contributed by atoms with Gasteiger partial charge >= 0.3 is 5.97 Å². The van der Waals surface area contributed by atoms with E-state index in [4.69, 9.17) is 5.11 Å². The molecule has 0 spiro atoms. The van der Waals surface area contributed by atoms with Crippen molar-refractivity contribution in [2.24, 2.45) is 0 Å².